The highest BCUT2D eigenvalue weighted by Gasteiger charge is 1.90. The summed E-state index contributed by atoms with van der Waals surface area (Å²) in [6.45, 7) is 1.75. The standard InChI is InChI=1S/C11H14N2.ClH/c12-8-4-9-13-10-7-11-5-2-1-3-6-11;/h1-3,5-6,13H,4,7,9-10H2;1H. The first kappa shape index (κ1) is 13.0. The fourth-order valence-electron chi connectivity index (χ4n) is 1.15. The van der Waals surface area contributed by atoms with Gasteiger partial charge in [-0.2, -0.15) is 5.26 Å². The Morgan fingerprint density at radius 2 is 1.86 bits per heavy atom. The molecule has 0 radical (unpaired) electrons. The molecule has 0 heterocycles. The predicted molar refractivity (Wildman–Crippen MR) is 60.5 cm³/mol. The molecule has 0 saturated heterocycles. The van der Waals surface area contributed by atoms with Crippen molar-refractivity contribution in [1.29, 1.82) is 5.26 Å². The van der Waals surface area contributed by atoms with Crippen LogP contribution in [0.15, 0.2) is 30.3 Å². The molecule has 0 saturated carbocycles. The van der Waals surface area contributed by atoms with Crippen molar-refractivity contribution in [3.8, 4) is 6.07 Å². The molecule has 14 heavy (non-hydrogen) atoms. The van der Waals surface area contributed by atoms with Gasteiger partial charge in [0.2, 0.25) is 0 Å². The maximum absolute atomic E-state index is 8.29. The third-order valence-electron chi connectivity index (χ3n) is 1.85. The van der Waals surface area contributed by atoms with Crippen molar-refractivity contribution < 1.29 is 0 Å². The molecular formula is C11H15ClN2. The van der Waals surface area contributed by atoms with Crippen LogP contribution < -0.4 is 5.32 Å². The topological polar surface area (TPSA) is 35.8 Å². The predicted octanol–water partition coefficient (Wildman–Crippen LogP) is 2.15. The molecule has 0 aromatic heterocycles. The van der Waals surface area contributed by atoms with Crippen LogP contribution in [0.3, 0.4) is 0 Å². The average Bonchev–Trinajstić information content (AvgIpc) is 2.19. The van der Waals surface area contributed by atoms with Crippen LogP contribution >= 0.6 is 12.4 Å². The van der Waals surface area contributed by atoms with Gasteiger partial charge >= 0.3 is 0 Å². The van der Waals surface area contributed by atoms with Crippen LogP contribution in [0.4, 0.5) is 0 Å². The van der Waals surface area contributed by atoms with Gasteiger partial charge in [-0.05, 0) is 18.5 Å². The highest BCUT2D eigenvalue weighted by Crippen LogP contribution is 1.97. The molecule has 0 aliphatic heterocycles. The van der Waals surface area contributed by atoms with Crippen molar-refractivity contribution in [3.05, 3.63) is 35.9 Å². The number of nitrogens with zero attached hydrogens (tertiary/aromatic N) is 1. The first-order valence-electron chi connectivity index (χ1n) is 4.55. The Morgan fingerprint density at radius 1 is 1.14 bits per heavy atom. The molecule has 0 bridgehead atoms. The van der Waals surface area contributed by atoms with Crippen molar-refractivity contribution in [2.45, 2.75) is 12.8 Å². The van der Waals surface area contributed by atoms with Crippen molar-refractivity contribution in [3.63, 3.8) is 0 Å². The third-order valence-corrected chi connectivity index (χ3v) is 1.85. The molecule has 0 aliphatic rings. The molecule has 1 aromatic rings. The summed E-state index contributed by atoms with van der Waals surface area (Å²) in [6.07, 6.45) is 1.63. The van der Waals surface area contributed by atoms with Crippen molar-refractivity contribution in [2.75, 3.05) is 13.1 Å². The number of hydrogen-bond acceptors (Lipinski definition) is 2. The van der Waals surface area contributed by atoms with E-state index in [2.05, 4.69) is 23.5 Å². The zero-order valence-electron chi connectivity index (χ0n) is 8.07. The van der Waals surface area contributed by atoms with Crippen molar-refractivity contribution in [2.24, 2.45) is 0 Å². The van der Waals surface area contributed by atoms with E-state index < -0.39 is 0 Å². The second-order valence-electron chi connectivity index (χ2n) is 2.89. The van der Waals surface area contributed by atoms with Gasteiger partial charge in [-0.15, -0.1) is 12.4 Å². The zero-order valence-corrected chi connectivity index (χ0v) is 8.89. The molecule has 0 spiro atoms. The van der Waals surface area contributed by atoms with Crippen molar-refractivity contribution in [1.82, 2.24) is 5.32 Å². The number of nitriles is 1. The summed E-state index contributed by atoms with van der Waals surface area (Å²) in [7, 11) is 0. The van der Waals surface area contributed by atoms with Crippen LogP contribution in [-0.4, -0.2) is 13.1 Å². The molecule has 76 valence electrons. The Bertz CT molecular complexity index is 266. The largest absolute Gasteiger partial charge is 0.315 e. The zero-order chi connectivity index (χ0) is 9.36. The van der Waals surface area contributed by atoms with Gasteiger partial charge in [0.25, 0.3) is 0 Å². The number of nitrogens with one attached hydrogen (secondary N) is 1. The first-order valence-corrected chi connectivity index (χ1v) is 4.55. The van der Waals surface area contributed by atoms with E-state index in [0.717, 1.165) is 19.5 Å². The molecule has 1 N–H and O–H groups in total. The fourth-order valence-corrected chi connectivity index (χ4v) is 1.15. The van der Waals surface area contributed by atoms with E-state index in [1.807, 2.05) is 18.2 Å². The Hall–Kier alpha value is -1.04. The quantitative estimate of drug-likeness (QED) is 0.757. The molecule has 0 unspecified atom stereocenters. The maximum Gasteiger partial charge on any atom is 0.0635 e. The smallest absolute Gasteiger partial charge is 0.0635 e. The van der Waals surface area contributed by atoms with Crippen LogP contribution in [0.5, 0.6) is 0 Å². The van der Waals surface area contributed by atoms with Gasteiger partial charge < -0.3 is 5.32 Å². The summed E-state index contributed by atoms with van der Waals surface area (Å²) >= 11 is 0. The lowest BCUT2D eigenvalue weighted by Crippen LogP contribution is -2.17. The summed E-state index contributed by atoms with van der Waals surface area (Å²) in [6, 6.07) is 12.5. The summed E-state index contributed by atoms with van der Waals surface area (Å²) in [4.78, 5) is 0. The van der Waals surface area contributed by atoms with Gasteiger partial charge in [-0.1, -0.05) is 30.3 Å². The molecule has 0 amide bonds. The highest BCUT2D eigenvalue weighted by atomic mass is 35.5. The minimum Gasteiger partial charge on any atom is -0.315 e. The van der Waals surface area contributed by atoms with E-state index >= 15 is 0 Å². The molecule has 1 rings (SSSR count). The summed E-state index contributed by atoms with van der Waals surface area (Å²) in [5.41, 5.74) is 1.34. The molecule has 0 aliphatic carbocycles. The lowest BCUT2D eigenvalue weighted by molar-refractivity contribution is 0.692. The number of rotatable bonds is 5. The number of halogens is 1. The van der Waals surface area contributed by atoms with Crippen LogP contribution in [0.2, 0.25) is 0 Å². The van der Waals surface area contributed by atoms with Crippen molar-refractivity contribution >= 4 is 12.4 Å². The Kier molecular flexibility index (Phi) is 7.92. The Balaban J connectivity index is 0.00000169. The summed E-state index contributed by atoms with van der Waals surface area (Å²) in [5, 5.41) is 11.5. The van der Waals surface area contributed by atoms with E-state index in [-0.39, 0.29) is 12.4 Å². The van der Waals surface area contributed by atoms with Crippen LogP contribution in [-0.2, 0) is 6.42 Å². The van der Waals surface area contributed by atoms with Gasteiger partial charge in [0.15, 0.2) is 0 Å². The Morgan fingerprint density at radius 3 is 2.50 bits per heavy atom. The van der Waals surface area contributed by atoms with E-state index in [1.165, 1.54) is 5.56 Å². The fraction of sp³-hybridized carbons (Fsp3) is 0.364. The van der Waals surface area contributed by atoms with Crippen LogP contribution in [0.1, 0.15) is 12.0 Å². The second kappa shape index (κ2) is 8.55. The lowest BCUT2D eigenvalue weighted by Gasteiger charge is -2.01. The summed E-state index contributed by atoms with van der Waals surface area (Å²) in [5.74, 6) is 0. The molecule has 3 heteroatoms. The van der Waals surface area contributed by atoms with Gasteiger partial charge in [-0.25, -0.2) is 0 Å². The van der Waals surface area contributed by atoms with E-state index in [1.54, 1.807) is 0 Å². The summed E-state index contributed by atoms with van der Waals surface area (Å²) < 4.78 is 0. The highest BCUT2D eigenvalue weighted by molar-refractivity contribution is 5.85. The Labute approximate surface area is 91.4 Å². The lowest BCUT2D eigenvalue weighted by atomic mass is 10.1. The molecule has 0 fully saturated rings. The van der Waals surface area contributed by atoms with E-state index in [4.69, 9.17) is 5.26 Å². The minimum atomic E-state index is 0. The third kappa shape index (κ3) is 5.58. The monoisotopic (exact) mass is 210 g/mol. The molecule has 2 nitrogen and oxygen atoms in total. The minimum absolute atomic E-state index is 0. The van der Waals surface area contributed by atoms with Gasteiger partial charge in [0.1, 0.15) is 0 Å². The van der Waals surface area contributed by atoms with Crippen LogP contribution in [0.25, 0.3) is 0 Å². The number of benzene rings is 1. The maximum atomic E-state index is 8.29. The SMILES string of the molecule is Cl.N#CCCNCCc1ccccc1. The average molecular weight is 211 g/mol. The first-order chi connectivity index (χ1) is 6.43. The van der Waals surface area contributed by atoms with E-state index in [9.17, 15) is 0 Å². The molecule has 0 atom stereocenters. The van der Waals surface area contributed by atoms with E-state index in [0.29, 0.717) is 6.42 Å². The molecular weight excluding hydrogens is 196 g/mol. The van der Waals surface area contributed by atoms with Crippen LogP contribution in [0, 0.1) is 11.3 Å². The van der Waals surface area contributed by atoms with Gasteiger partial charge in [-0.3, -0.25) is 0 Å². The van der Waals surface area contributed by atoms with Gasteiger partial charge in [0.05, 0.1) is 6.07 Å². The normalized spacial score (nSPS) is 8.79. The number of hydrogen-bond donors (Lipinski definition) is 1. The second-order valence-corrected chi connectivity index (χ2v) is 2.89. The molecule has 1 aromatic carbocycles. The van der Waals surface area contributed by atoms with Gasteiger partial charge in [0, 0.05) is 13.0 Å².